The second kappa shape index (κ2) is 27.5. The summed E-state index contributed by atoms with van der Waals surface area (Å²) in [4.78, 5) is 65.2. The summed E-state index contributed by atoms with van der Waals surface area (Å²) in [7, 11) is 1.69. The van der Waals surface area contributed by atoms with Crippen molar-refractivity contribution in [2.24, 2.45) is 5.41 Å². The van der Waals surface area contributed by atoms with Gasteiger partial charge >= 0.3 is 6.09 Å². The standard InChI is InChI=1S/C61H89N11O7S/c1-41(39-78-9)66-58-64-35-50-51(38-71(55(50)67-58)47-21-23-48(73)24-22-47)45-17-15-44(16-18-45)36-69-31-29-68(30-32-69)26-11-10-12-27-70(59(77)79-61(6,7)8)28-25-62-54(60(3,4)5)57(76)72-37-49(74)33-52(72)56(75)63-34-43-13-19-46(20-14-43)53-42(2)65-40-80-53/h13-20,35,38,40-41,47-49,52,54,62,73-74H,10-12,21-34,36-37,39H2,1-9H3,(H,63,75)(H,64,66,67)/t41?,47-,48-,49-,52+,54-/m1/s1. The van der Waals surface area contributed by atoms with E-state index in [1.807, 2.05) is 84.4 Å². The molecule has 18 nitrogen and oxygen atoms in total. The highest BCUT2D eigenvalue weighted by atomic mass is 32.1. The lowest BCUT2D eigenvalue weighted by Crippen LogP contribution is -2.57. The van der Waals surface area contributed by atoms with E-state index in [0.29, 0.717) is 38.7 Å². The lowest BCUT2D eigenvalue weighted by atomic mass is 9.85. The van der Waals surface area contributed by atoms with Gasteiger partial charge in [0.1, 0.15) is 17.3 Å². The number of piperazine rings is 1. The number of fused-ring (bicyclic) bond motifs is 1. The Morgan fingerprint density at radius 1 is 0.850 bits per heavy atom. The zero-order chi connectivity index (χ0) is 57.1. The molecule has 3 aromatic heterocycles. The molecule has 1 aliphatic carbocycles. The van der Waals surface area contributed by atoms with Gasteiger partial charge in [-0.25, -0.2) is 14.8 Å². The summed E-state index contributed by atoms with van der Waals surface area (Å²) in [5.41, 5.74) is 8.06. The minimum Gasteiger partial charge on any atom is -0.444 e. The third-order valence-electron chi connectivity index (χ3n) is 15.7. The molecular formula is C61H89N11O7S. The minimum absolute atomic E-state index is 0.0681. The number of ether oxygens (including phenoxy) is 2. The van der Waals surface area contributed by atoms with E-state index in [0.717, 1.165) is 128 Å². The molecule has 80 heavy (non-hydrogen) atoms. The van der Waals surface area contributed by atoms with Crippen LogP contribution in [0.1, 0.15) is 123 Å². The lowest BCUT2D eigenvalue weighted by molar-refractivity contribution is -0.142. The molecule has 0 radical (unpaired) electrons. The molecule has 1 saturated carbocycles. The third kappa shape index (κ3) is 16.3. The fourth-order valence-corrected chi connectivity index (χ4v) is 12.2. The summed E-state index contributed by atoms with van der Waals surface area (Å²) >= 11 is 1.59. The SMILES string of the molecule is COCC(C)Nc1ncc2c(-c3ccc(CN4CCN(CCCCCN(CCN[C@H](C(=O)N5C[C@H](O)C[C@H]5C(=O)NCc5ccc(-c6scnc6C)cc5)C(C)(C)C)C(=O)OC(C)(C)C)CC4)cc3)cn([C@H]3CC[C@H](O)CC3)c2n1. The van der Waals surface area contributed by atoms with Crippen LogP contribution in [0.3, 0.4) is 0 Å². The Labute approximate surface area is 478 Å². The highest BCUT2D eigenvalue weighted by Gasteiger charge is 2.44. The summed E-state index contributed by atoms with van der Waals surface area (Å²) in [6.45, 7) is 23.6. The van der Waals surface area contributed by atoms with Gasteiger partial charge in [-0.2, -0.15) is 4.98 Å². The van der Waals surface area contributed by atoms with Crippen molar-refractivity contribution in [1.82, 2.24) is 49.8 Å². The molecule has 3 amide bonds. The van der Waals surface area contributed by atoms with Crippen LogP contribution < -0.4 is 16.0 Å². The smallest absolute Gasteiger partial charge is 0.410 e. The van der Waals surface area contributed by atoms with Crippen LogP contribution in [0.4, 0.5) is 10.7 Å². The maximum absolute atomic E-state index is 14.4. The number of anilines is 1. The van der Waals surface area contributed by atoms with E-state index in [1.54, 1.807) is 23.3 Å². The quantitative estimate of drug-likeness (QED) is 0.0391. The topological polar surface area (TPSA) is 203 Å². The predicted octanol–water partition coefficient (Wildman–Crippen LogP) is 8.26. The van der Waals surface area contributed by atoms with E-state index in [4.69, 9.17) is 19.4 Å². The van der Waals surface area contributed by atoms with Crippen LogP contribution in [-0.4, -0.2) is 176 Å². The Kier molecular flexibility index (Phi) is 20.8. The first-order valence-electron chi connectivity index (χ1n) is 29.0. The highest BCUT2D eigenvalue weighted by Crippen LogP contribution is 2.37. The summed E-state index contributed by atoms with van der Waals surface area (Å²) in [6, 6.07) is 15.8. The van der Waals surface area contributed by atoms with Gasteiger partial charge in [0.25, 0.3) is 0 Å². The number of aliphatic hydroxyl groups is 2. The number of carbonyl (C=O) groups is 3. The third-order valence-corrected chi connectivity index (χ3v) is 16.7. The molecule has 5 aromatic rings. The van der Waals surface area contributed by atoms with Crippen LogP contribution in [0.2, 0.25) is 0 Å². The lowest BCUT2D eigenvalue weighted by Gasteiger charge is -2.36. The van der Waals surface area contributed by atoms with E-state index in [9.17, 15) is 24.6 Å². The number of likely N-dealkylation sites (tertiary alicyclic amines) is 1. The van der Waals surface area contributed by atoms with Crippen LogP contribution in [0, 0.1) is 12.3 Å². The Morgan fingerprint density at radius 2 is 1.54 bits per heavy atom. The molecule has 4 atom stereocenters. The van der Waals surface area contributed by atoms with Gasteiger partial charge in [0.2, 0.25) is 17.8 Å². The molecule has 3 fully saturated rings. The van der Waals surface area contributed by atoms with Crippen LogP contribution >= 0.6 is 11.3 Å². The van der Waals surface area contributed by atoms with E-state index >= 15 is 0 Å². The predicted molar refractivity (Wildman–Crippen MR) is 316 cm³/mol. The van der Waals surface area contributed by atoms with Gasteiger partial charge < -0.3 is 54.9 Å². The molecule has 5 heterocycles. The molecule has 2 aromatic carbocycles. The number of thiazole rings is 1. The van der Waals surface area contributed by atoms with Crippen LogP contribution in [0.15, 0.2) is 66.4 Å². The Balaban J connectivity index is 0.785. The number of nitrogens with zero attached hydrogens (tertiary/aromatic N) is 8. The first kappa shape index (κ1) is 60.6. The van der Waals surface area contributed by atoms with Gasteiger partial charge in [-0.15, -0.1) is 11.3 Å². The van der Waals surface area contributed by atoms with Crippen molar-refractivity contribution in [1.29, 1.82) is 0 Å². The first-order valence-corrected chi connectivity index (χ1v) is 29.9. The maximum atomic E-state index is 14.4. The first-order chi connectivity index (χ1) is 38.2. The van der Waals surface area contributed by atoms with Crippen LogP contribution in [-0.2, 0) is 32.2 Å². The molecule has 436 valence electrons. The summed E-state index contributed by atoms with van der Waals surface area (Å²) in [5, 5.41) is 31.9. The number of hydrogen-bond acceptors (Lipinski definition) is 15. The Bertz CT molecular complexity index is 2790. The number of β-amino-alcohol motifs (C(OH)–C–C–N with tert-alkyl or cyclic N) is 1. The van der Waals surface area contributed by atoms with Crippen molar-refractivity contribution in [3.63, 3.8) is 0 Å². The molecule has 8 rings (SSSR count). The van der Waals surface area contributed by atoms with Crippen molar-refractivity contribution in [2.75, 3.05) is 77.9 Å². The fraction of sp³-hybridized carbons (Fsp3) is 0.607. The van der Waals surface area contributed by atoms with E-state index < -0.39 is 29.2 Å². The Hall–Kier alpha value is -5.54. The molecule has 2 saturated heterocycles. The average Bonchev–Trinajstić information content (AvgIpc) is 4.17. The molecule has 5 N–H and O–H groups in total. The number of unbranched alkanes of at least 4 members (excludes halogenated alkanes) is 2. The van der Waals surface area contributed by atoms with Crippen molar-refractivity contribution >= 4 is 46.2 Å². The number of aliphatic hydroxyl groups excluding tert-OH is 2. The van der Waals surface area contributed by atoms with Gasteiger partial charge in [0.15, 0.2) is 0 Å². The molecule has 0 spiro atoms. The minimum atomic E-state index is -0.817. The zero-order valence-electron chi connectivity index (χ0n) is 48.9. The largest absolute Gasteiger partial charge is 0.444 e. The van der Waals surface area contributed by atoms with Crippen LogP contribution in [0.25, 0.3) is 32.6 Å². The summed E-state index contributed by atoms with van der Waals surface area (Å²) in [5.74, 6) is 0.0349. The molecule has 1 unspecified atom stereocenters. The Morgan fingerprint density at radius 3 is 2.20 bits per heavy atom. The normalized spacial score (nSPS) is 20.2. The summed E-state index contributed by atoms with van der Waals surface area (Å²) < 4.78 is 13.5. The van der Waals surface area contributed by atoms with E-state index in [1.165, 1.54) is 10.5 Å². The number of benzene rings is 2. The zero-order valence-corrected chi connectivity index (χ0v) is 49.7. The number of rotatable bonds is 23. The number of hydrogen-bond donors (Lipinski definition) is 5. The second-order valence-electron chi connectivity index (χ2n) is 24.5. The summed E-state index contributed by atoms with van der Waals surface area (Å²) in [6.07, 6.45) is 9.11. The average molecular weight is 1120 g/mol. The van der Waals surface area contributed by atoms with Gasteiger partial charge in [-0.3, -0.25) is 14.5 Å². The molecule has 2 aliphatic heterocycles. The number of nitrogens with one attached hydrogen (secondary N) is 3. The number of amides is 3. The number of methoxy groups -OCH3 is 1. The van der Waals surface area contributed by atoms with Gasteiger partial charge in [-0.1, -0.05) is 75.7 Å². The van der Waals surface area contributed by atoms with Crippen molar-refractivity contribution in [3.8, 4) is 21.6 Å². The maximum Gasteiger partial charge on any atom is 0.410 e. The number of carbonyl (C=O) groups excluding carboxylic acids is 3. The van der Waals surface area contributed by atoms with Gasteiger partial charge in [-0.05, 0) is 107 Å². The molecule has 0 bridgehead atoms. The van der Waals surface area contributed by atoms with Crippen molar-refractivity contribution < 1.29 is 34.1 Å². The van der Waals surface area contributed by atoms with Crippen molar-refractivity contribution in [2.45, 2.75) is 162 Å². The molecular weight excluding hydrogens is 1030 g/mol. The molecule has 3 aliphatic rings. The van der Waals surface area contributed by atoms with Gasteiger partial charge in [0, 0.05) is 114 Å². The second-order valence-corrected chi connectivity index (χ2v) is 25.4. The van der Waals surface area contributed by atoms with Crippen LogP contribution in [0.5, 0.6) is 0 Å². The molecule has 19 heteroatoms. The fourth-order valence-electron chi connectivity index (χ4n) is 11.3. The monoisotopic (exact) mass is 1120 g/mol. The van der Waals surface area contributed by atoms with E-state index in [-0.39, 0.29) is 49.1 Å². The highest BCUT2D eigenvalue weighted by molar-refractivity contribution is 7.13. The van der Waals surface area contributed by atoms with Gasteiger partial charge in [0.05, 0.1) is 40.9 Å². The number of aromatic nitrogens is 4. The van der Waals surface area contributed by atoms with Crippen molar-refractivity contribution in [3.05, 3.63) is 83.3 Å². The number of aryl methyl sites for hydroxylation is 1. The van der Waals surface area contributed by atoms with E-state index in [2.05, 4.69) is 72.7 Å².